The lowest BCUT2D eigenvalue weighted by Crippen LogP contribution is -2.41. The number of carboxylic acids is 1. The lowest BCUT2D eigenvalue weighted by molar-refractivity contribution is -0.192. The van der Waals surface area contributed by atoms with E-state index in [1.807, 2.05) is 0 Å². The van der Waals surface area contributed by atoms with Gasteiger partial charge in [0, 0.05) is 24.2 Å². The molecule has 2 aromatic heterocycles. The third kappa shape index (κ3) is 7.41. The number of ether oxygens (including phenoxy) is 1. The number of hydrogen-bond acceptors (Lipinski definition) is 8. The van der Waals surface area contributed by atoms with Gasteiger partial charge in [-0.1, -0.05) is 6.92 Å². The lowest BCUT2D eigenvalue weighted by atomic mass is 10.0. The number of phenols is 1. The fourth-order valence-electron chi connectivity index (χ4n) is 3.89. The van der Waals surface area contributed by atoms with E-state index < -0.39 is 18.8 Å². The highest BCUT2D eigenvalue weighted by molar-refractivity contribution is 5.79. The molecule has 3 aromatic rings. The van der Waals surface area contributed by atoms with Gasteiger partial charge in [0.1, 0.15) is 11.5 Å². The Morgan fingerprint density at radius 2 is 2.00 bits per heavy atom. The predicted octanol–water partition coefficient (Wildman–Crippen LogP) is 5.03. The second-order valence-electron chi connectivity index (χ2n) is 8.23. The average Bonchev–Trinajstić information content (AvgIpc) is 3.19. The molecule has 4 rings (SSSR count). The largest absolute Gasteiger partial charge is 0.507 e. The molecular weight excluding hydrogens is 507 g/mol. The number of likely N-dealkylation sites (N-methyl/N-ethyl adjacent to an activating group) is 1. The van der Waals surface area contributed by atoms with Crippen LogP contribution in [-0.4, -0.2) is 69.5 Å². The van der Waals surface area contributed by atoms with Gasteiger partial charge in [-0.2, -0.15) is 26.9 Å². The second kappa shape index (κ2) is 11.6. The molecule has 37 heavy (non-hydrogen) atoms. The number of aliphatic carboxylic acids is 1. The van der Waals surface area contributed by atoms with Gasteiger partial charge in [0.05, 0.1) is 5.69 Å². The molecule has 0 aliphatic carbocycles. The van der Waals surface area contributed by atoms with Crippen LogP contribution < -0.4 is 10.1 Å². The van der Waals surface area contributed by atoms with Crippen LogP contribution in [0, 0.1) is 6.92 Å². The van der Waals surface area contributed by atoms with Gasteiger partial charge in [-0.3, -0.25) is 0 Å². The van der Waals surface area contributed by atoms with Crippen molar-refractivity contribution in [2.75, 3.05) is 25.0 Å². The maximum atomic E-state index is 12.5. The van der Waals surface area contributed by atoms with Gasteiger partial charge in [-0.25, -0.2) is 9.78 Å². The zero-order valence-corrected chi connectivity index (χ0v) is 19.9. The van der Waals surface area contributed by atoms with Gasteiger partial charge in [0.2, 0.25) is 5.65 Å². The minimum Gasteiger partial charge on any atom is -0.507 e. The van der Waals surface area contributed by atoms with Crippen molar-refractivity contribution in [2.45, 2.75) is 45.5 Å². The number of carboxylic acid groups (broad SMARTS) is 1. The van der Waals surface area contributed by atoms with Gasteiger partial charge in [-0.15, -0.1) is 0 Å². The summed E-state index contributed by atoms with van der Waals surface area (Å²) in [6.45, 7) is 3.94. The van der Waals surface area contributed by atoms with E-state index in [1.54, 1.807) is 19.1 Å². The first-order chi connectivity index (χ1) is 17.4. The molecule has 1 aliphatic heterocycles. The molecule has 0 radical (unpaired) electrons. The fraction of sp³-hybridized carbons (Fsp3) is 0.435. The van der Waals surface area contributed by atoms with E-state index in [0.29, 0.717) is 34.1 Å². The van der Waals surface area contributed by atoms with Crippen LogP contribution in [0.2, 0.25) is 0 Å². The summed E-state index contributed by atoms with van der Waals surface area (Å²) in [7, 11) is 0. The number of phenolic OH excluding ortho intramolecular Hbond substituents is 1. The number of nitrogens with zero attached hydrogens (tertiary/aromatic N) is 3. The van der Waals surface area contributed by atoms with Gasteiger partial charge in [0.15, 0.2) is 5.58 Å². The lowest BCUT2D eigenvalue weighted by Gasteiger charge is -2.31. The van der Waals surface area contributed by atoms with Crippen LogP contribution in [-0.2, 0) is 4.79 Å². The molecule has 0 spiro atoms. The molecule has 0 amide bonds. The van der Waals surface area contributed by atoms with E-state index in [2.05, 4.69) is 31.8 Å². The minimum atomic E-state index is -5.08. The van der Waals surface area contributed by atoms with Crippen molar-refractivity contribution in [1.29, 1.82) is 0 Å². The standard InChI is InChI=1S/C21H24F2N4O3.C2HF3O2/c1-3-27-8-4-5-13(11-27)24-21-26-19-17(30-21)7-6-15(25-19)18-12(2)9-14(10-16(18)28)29-20(22)23;3-2(4,5)1(6)7/h6-7,9-10,13,20,28H,3-5,8,11H2,1-2H3,(H,24,25,26);(H,6,7)/t13-;/m1./s1. The van der Waals surface area contributed by atoms with Crippen molar-refractivity contribution in [2.24, 2.45) is 0 Å². The summed E-state index contributed by atoms with van der Waals surface area (Å²) in [5.74, 6) is -3.06. The Kier molecular flexibility index (Phi) is 8.73. The number of oxazole rings is 1. The number of piperidine rings is 1. The number of fused-ring (bicyclic) bond motifs is 1. The van der Waals surface area contributed by atoms with Crippen LogP contribution in [0.15, 0.2) is 28.7 Å². The molecule has 0 bridgehead atoms. The van der Waals surface area contributed by atoms with E-state index in [4.69, 9.17) is 14.3 Å². The van der Waals surface area contributed by atoms with Crippen LogP contribution >= 0.6 is 0 Å². The molecule has 9 nitrogen and oxygen atoms in total. The summed E-state index contributed by atoms with van der Waals surface area (Å²) < 4.78 is 66.8. The van der Waals surface area contributed by atoms with E-state index in [-0.39, 0.29) is 17.5 Å². The topological polar surface area (TPSA) is 121 Å². The highest BCUT2D eigenvalue weighted by Gasteiger charge is 2.38. The molecule has 3 heterocycles. The number of benzene rings is 1. The van der Waals surface area contributed by atoms with Crippen molar-refractivity contribution in [1.82, 2.24) is 14.9 Å². The molecule has 3 N–H and O–H groups in total. The molecule has 0 saturated carbocycles. The zero-order chi connectivity index (χ0) is 27.3. The molecular formula is C23H25F5N4O5. The van der Waals surface area contributed by atoms with E-state index in [9.17, 15) is 27.1 Å². The molecule has 202 valence electrons. The normalized spacial score (nSPS) is 16.4. The average molecular weight is 532 g/mol. The van der Waals surface area contributed by atoms with Crippen molar-refractivity contribution >= 4 is 23.2 Å². The first kappa shape index (κ1) is 27.9. The smallest absolute Gasteiger partial charge is 0.490 e. The van der Waals surface area contributed by atoms with Crippen molar-refractivity contribution in [3.63, 3.8) is 0 Å². The molecule has 1 fully saturated rings. The number of aryl methyl sites for hydroxylation is 1. The number of halogens is 5. The Morgan fingerprint density at radius 3 is 2.59 bits per heavy atom. The third-order valence-corrected chi connectivity index (χ3v) is 5.55. The van der Waals surface area contributed by atoms with Gasteiger partial charge in [-0.05, 0) is 56.6 Å². The number of hydrogen-bond donors (Lipinski definition) is 3. The summed E-state index contributed by atoms with van der Waals surface area (Å²) in [4.78, 5) is 20.2. The summed E-state index contributed by atoms with van der Waals surface area (Å²) in [6, 6.07) is 6.70. The number of carbonyl (C=O) groups is 1. The van der Waals surface area contributed by atoms with Crippen LogP contribution in [0.1, 0.15) is 25.3 Å². The maximum absolute atomic E-state index is 12.5. The highest BCUT2D eigenvalue weighted by Crippen LogP contribution is 2.36. The Hall–Kier alpha value is -3.68. The quantitative estimate of drug-likeness (QED) is 0.375. The molecule has 1 aromatic carbocycles. The van der Waals surface area contributed by atoms with E-state index in [0.717, 1.165) is 38.5 Å². The third-order valence-electron chi connectivity index (χ3n) is 5.55. The maximum Gasteiger partial charge on any atom is 0.490 e. The number of likely N-dealkylation sites (tertiary alicyclic amines) is 1. The summed E-state index contributed by atoms with van der Waals surface area (Å²) in [6.07, 6.45) is -2.91. The Bertz CT molecular complexity index is 1210. The fourth-order valence-corrected chi connectivity index (χ4v) is 3.89. The number of nitrogens with one attached hydrogen (secondary N) is 1. The number of alkyl halides is 5. The van der Waals surface area contributed by atoms with Crippen molar-refractivity contribution in [3.8, 4) is 22.8 Å². The SMILES string of the molecule is CCN1CCC[C@@H](Nc2nc3nc(-c4c(C)cc(OC(F)F)cc4O)ccc3o2)C1.O=C(O)C(F)(F)F. The number of pyridine rings is 1. The van der Waals surface area contributed by atoms with Crippen molar-refractivity contribution < 1.29 is 46.1 Å². The van der Waals surface area contributed by atoms with Gasteiger partial charge >= 0.3 is 18.8 Å². The minimum absolute atomic E-state index is 0.105. The summed E-state index contributed by atoms with van der Waals surface area (Å²) >= 11 is 0. The zero-order valence-electron chi connectivity index (χ0n) is 19.9. The van der Waals surface area contributed by atoms with E-state index >= 15 is 0 Å². The number of anilines is 1. The van der Waals surface area contributed by atoms with E-state index in [1.165, 1.54) is 6.07 Å². The highest BCUT2D eigenvalue weighted by atomic mass is 19.4. The van der Waals surface area contributed by atoms with Crippen LogP contribution in [0.3, 0.4) is 0 Å². The first-order valence-corrected chi connectivity index (χ1v) is 11.2. The molecule has 1 saturated heterocycles. The number of rotatable bonds is 6. The molecule has 0 unspecified atom stereocenters. The van der Waals surface area contributed by atoms with Crippen LogP contribution in [0.5, 0.6) is 11.5 Å². The second-order valence-corrected chi connectivity index (χ2v) is 8.23. The summed E-state index contributed by atoms with van der Waals surface area (Å²) in [5, 5.41) is 20.8. The molecule has 1 aliphatic rings. The summed E-state index contributed by atoms with van der Waals surface area (Å²) in [5.41, 5.74) is 2.39. The number of aromatic hydroxyl groups is 1. The van der Waals surface area contributed by atoms with Crippen molar-refractivity contribution in [3.05, 3.63) is 29.8 Å². The first-order valence-electron chi connectivity index (χ1n) is 11.2. The Labute approximate surface area is 207 Å². The molecule has 14 heteroatoms. The molecule has 1 atom stereocenters. The predicted molar refractivity (Wildman–Crippen MR) is 123 cm³/mol. The monoisotopic (exact) mass is 532 g/mol. The number of aromatic nitrogens is 2. The van der Waals surface area contributed by atoms with Gasteiger partial charge in [0.25, 0.3) is 6.01 Å². The van der Waals surface area contributed by atoms with Gasteiger partial charge < -0.3 is 29.6 Å². The van der Waals surface area contributed by atoms with Crippen LogP contribution in [0.4, 0.5) is 28.0 Å². The van der Waals surface area contributed by atoms with Crippen LogP contribution in [0.25, 0.3) is 22.5 Å². The Morgan fingerprint density at radius 1 is 1.30 bits per heavy atom. The Balaban J connectivity index is 0.000000479.